The average molecular weight is 237 g/mol. The minimum Gasteiger partial charge on any atom is -0.367 e. The molecule has 0 aromatic heterocycles. The zero-order valence-corrected chi connectivity index (χ0v) is 9.90. The molecule has 0 amide bonds. The van der Waals surface area contributed by atoms with Crippen LogP contribution in [0.4, 0.5) is 15.8 Å². The Labute approximate surface area is 100.0 Å². The molecule has 4 nitrogen and oxygen atoms in total. The molecule has 1 heterocycles. The van der Waals surface area contributed by atoms with Gasteiger partial charge in [-0.25, -0.2) is 4.39 Å². The summed E-state index contributed by atoms with van der Waals surface area (Å²) in [5, 5.41) is 2.73. The molecular formula is C12H16FN3O. The molecule has 1 aromatic carbocycles. The van der Waals surface area contributed by atoms with E-state index in [2.05, 4.69) is 17.0 Å². The van der Waals surface area contributed by atoms with Crippen molar-refractivity contribution in [2.24, 2.45) is 5.18 Å². The predicted octanol–water partition coefficient (Wildman–Crippen LogP) is 2.37. The van der Waals surface area contributed by atoms with E-state index in [-0.39, 0.29) is 11.5 Å². The van der Waals surface area contributed by atoms with Crippen molar-refractivity contribution < 1.29 is 4.39 Å². The van der Waals surface area contributed by atoms with Crippen LogP contribution in [0.3, 0.4) is 0 Å². The van der Waals surface area contributed by atoms with Crippen LogP contribution in [0.25, 0.3) is 0 Å². The van der Waals surface area contributed by atoms with Crippen LogP contribution in [0.1, 0.15) is 6.92 Å². The Morgan fingerprint density at radius 3 is 2.53 bits per heavy atom. The van der Waals surface area contributed by atoms with Gasteiger partial charge in [-0.15, -0.1) is 4.91 Å². The first-order valence-electron chi connectivity index (χ1n) is 5.85. The summed E-state index contributed by atoms with van der Waals surface area (Å²) in [7, 11) is 0. The molecule has 2 rings (SSSR count). The van der Waals surface area contributed by atoms with E-state index >= 15 is 0 Å². The number of nitroso groups, excluding NO2 is 1. The van der Waals surface area contributed by atoms with E-state index in [9.17, 15) is 9.30 Å². The van der Waals surface area contributed by atoms with Gasteiger partial charge in [-0.1, -0.05) is 6.92 Å². The van der Waals surface area contributed by atoms with Crippen molar-refractivity contribution in [3.63, 3.8) is 0 Å². The molecule has 0 spiro atoms. The van der Waals surface area contributed by atoms with Crippen LogP contribution in [0.2, 0.25) is 0 Å². The monoisotopic (exact) mass is 237 g/mol. The second kappa shape index (κ2) is 5.23. The third-order valence-corrected chi connectivity index (χ3v) is 3.20. The van der Waals surface area contributed by atoms with Gasteiger partial charge in [0.2, 0.25) is 0 Å². The number of piperazine rings is 1. The lowest BCUT2D eigenvalue weighted by molar-refractivity contribution is 0.270. The van der Waals surface area contributed by atoms with Crippen molar-refractivity contribution in [2.75, 3.05) is 37.6 Å². The van der Waals surface area contributed by atoms with E-state index in [1.54, 1.807) is 12.1 Å². The Bertz CT molecular complexity index is 403. The van der Waals surface area contributed by atoms with E-state index < -0.39 is 0 Å². The first-order chi connectivity index (χ1) is 8.24. The van der Waals surface area contributed by atoms with Gasteiger partial charge in [0.1, 0.15) is 11.5 Å². The van der Waals surface area contributed by atoms with Crippen molar-refractivity contribution in [1.82, 2.24) is 4.90 Å². The SMILES string of the molecule is CCN1CCN(c2ccc(N=O)cc2F)CC1. The number of benzene rings is 1. The van der Waals surface area contributed by atoms with E-state index in [0.717, 1.165) is 32.7 Å². The quantitative estimate of drug-likeness (QED) is 0.757. The molecular weight excluding hydrogens is 221 g/mol. The summed E-state index contributed by atoms with van der Waals surface area (Å²) in [6.45, 7) is 6.69. The fraction of sp³-hybridized carbons (Fsp3) is 0.500. The lowest BCUT2D eigenvalue weighted by Crippen LogP contribution is -2.46. The van der Waals surface area contributed by atoms with Crippen LogP contribution in [0.15, 0.2) is 23.4 Å². The van der Waals surface area contributed by atoms with Crippen LogP contribution >= 0.6 is 0 Å². The van der Waals surface area contributed by atoms with Gasteiger partial charge >= 0.3 is 0 Å². The second-order valence-corrected chi connectivity index (χ2v) is 4.15. The number of rotatable bonds is 3. The maximum Gasteiger partial charge on any atom is 0.148 e. The van der Waals surface area contributed by atoms with Gasteiger partial charge in [0.15, 0.2) is 0 Å². The summed E-state index contributed by atoms with van der Waals surface area (Å²) in [5.74, 6) is -0.368. The van der Waals surface area contributed by atoms with Crippen molar-refractivity contribution >= 4 is 11.4 Å². The third kappa shape index (κ3) is 2.61. The normalized spacial score (nSPS) is 17.2. The molecule has 0 aliphatic carbocycles. The largest absolute Gasteiger partial charge is 0.367 e. The minimum absolute atomic E-state index is 0.137. The van der Waals surface area contributed by atoms with Crippen LogP contribution in [0, 0.1) is 10.7 Å². The number of likely N-dealkylation sites (N-methyl/N-ethyl adjacent to an activating group) is 1. The van der Waals surface area contributed by atoms with Crippen molar-refractivity contribution in [3.8, 4) is 0 Å². The molecule has 1 aliphatic heterocycles. The molecule has 1 saturated heterocycles. The van der Waals surface area contributed by atoms with Gasteiger partial charge in [-0.05, 0) is 23.9 Å². The molecule has 92 valence electrons. The Kier molecular flexibility index (Phi) is 3.68. The summed E-state index contributed by atoms with van der Waals surface area (Å²) in [6.07, 6.45) is 0. The summed E-state index contributed by atoms with van der Waals surface area (Å²) >= 11 is 0. The van der Waals surface area contributed by atoms with Gasteiger partial charge in [0.25, 0.3) is 0 Å². The minimum atomic E-state index is -0.368. The number of nitrogens with zero attached hydrogens (tertiary/aromatic N) is 3. The van der Waals surface area contributed by atoms with Crippen molar-refractivity contribution in [3.05, 3.63) is 28.9 Å². The first kappa shape index (κ1) is 12.0. The van der Waals surface area contributed by atoms with Crippen LogP contribution in [0.5, 0.6) is 0 Å². The van der Waals surface area contributed by atoms with Gasteiger partial charge in [-0.2, -0.15) is 0 Å². The van der Waals surface area contributed by atoms with Crippen LogP contribution in [-0.2, 0) is 0 Å². The molecule has 5 heteroatoms. The summed E-state index contributed by atoms with van der Waals surface area (Å²) in [6, 6.07) is 4.37. The second-order valence-electron chi connectivity index (χ2n) is 4.15. The molecule has 17 heavy (non-hydrogen) atoms. The first-order valence-corrected chi connectivity index (χ1v) is 5.85. The van der Waals surface area contributed by atoms with Gasteiger partial charge in [-0.3, -0.25) is 0 Å². The highest BCUT2D eigenvalue weighted by molar-refractivity contribution is 5.54. The molecule has 0 atom stereocenters. The van der Waals surface area contributed by atoms with E-state index in [4.69, 9.17) is 0 Å². The highest BCUT2D eigenvalue weighted by Gasteiger charge is 2.18. The fourth-order valence-electron chi connectivity index (χ4n) is 2.11. The molecule has 0 radical (unpaired) electrons. The molecule has 0 unspecified atom stereocenters. The molecule has 0 N–H and O–H groups in total. The number of halogens is 1. The molecule has 1 fully saturated rings. The Morgan fingerprint density at radius 1 is 1.29 bits per heavy atom. The van der Waals surface area contributed by atoms with E-state index in [1.807, 2.05) is 4.90 Å². The van der Waals surface area contributed by atoms with Gasteiger partial charge in [0, 0.05) is 32.2 Å². The summed E-state index contributed by atoms with van der Waals surface area (Å²) in [4.78, 5) is 14.6. The van der Waals surface area contributed by atoms with E-state index in [1.165, 1.54) is 6.07 Å². The number of hydrogen-bond acceptors (Lipinski definition) is 4. The summed E-state index contributed by atoms with van der Waals surface area (Å²) < 4.78 is 13.7. The molecule has 0 saturated carbocycles. The zero-order chi connectivity index (χ0) is 12.3. The van der Waals surface area contributed by atoms with Crippen molar-refractivity contribution in [1.29, 1.82) is 0 Å². The van der Waals surface area contributed by atoms with Gasteiger partial charge < -0.3 is 9.80 Å². The molecule has 1 aliphatic rings. The maximum absolute atomic E-state index is 13.7. The van der Waals surface area contributed by atoms with Crippen LogP contribution in [-0.4, -0.2) is 37.6 Å². The zero-order valence-electron chi connectivity index (χ0n) is 9.90. The third-order valence-electron chi connectivity index (χ3n) is 3.20. The lowest BCUT2D eigenvalue weighted by Gasteiger charge is -2.35. The maximum atomic E-state index is 13.7. The number of hydrogen-bond donors (Lipinski definition) is 0. The van der Waals surface area contributed by atoms with Crippen molar-refractivity contribution in [2.45, 2.75) is 6.92 Å². The smallest absolute Gasteiger partial charge is 0.148 e. The van der Waals surface area contributed by atoms with Crippen LogP contribution < -0.4 is 4.90 Å². The predicted molar refractivity (Wildman–Crippen MR) is 66.2 cm³/mol. The highest BCUT2D eigenvalue weighted by atomic mass is 19.1. The topological polar surface area (TPSA) is 35.9 Å². The molecule has 1 aromatic rings. The standard InChI is InChI=1S/C12H16FN3O/c1-2-15-5-7-16(8-6-15)12-4-3-10(14-17)9-11(12)13/h3-4,9H,2,5-8H2,1H3. The number of anilines is 1. The lowest BCUT2D eigenvalue weighted by atomic mass is 10.2. The van der Waals surface area contributed by atoms with E-state index in [0.29, 0.717) is 5.69 Å². The fourth-order valence-corrected chi connectivity index (χ4v) is 2.11. The summed E-state index contributed by atoms with van der Waals surface area (Å²) in [5.41, 5.74) is 0.701. The Hall–Kier alpha value is -1.49. The highest BCUT2D eigenvalue weighted by Crippen LogP contribution is 2.25. The molecule has 0 bridgehead atoms. The van der Waals surface area contributed by atoms with Gasteiger partial charge in [0.05, 0.1) is 5.69 Å². The average Bonchev–Trinajstić information content (AvgIpc) is 2.39. The Morgan fingerprint density at radius 2 is 2.00 bits per heavy atom. The Balaban J connectivity index is 2.10.